The van der Waals surface area contributed by atoms with E-state index in [0.29, 0.717) is 22.6 Å². The highest BCUT2D eigenvalue weighted by Gasteiger charge is 2.42. The highest BCUT2D eigenvalue weighted by molar-refractivity contribution is 7.99. The Kier molecular flexibility index (Phi) is 3.37. The summed E-state index contributed by atoms with van der Waals surface area (Å²) in [7, 11) is 0. The Morgan fingerprint density at radius 2 is 2.05 bits per heavy atom. The number of fused-ring (bicyclic) bond motifs is 2. The SMILES string of the molecule is CSc1c(N2C3CCC2CC(O)C3)sc(C#N)c1N. The van der Waals surface area contributed by atoms with Crippen LogP contribution < -0.4 is 10.6 Å². The summed E-state index contributed by atoms with van der Waals surface area (Å²) < 4.78 is 0. The van der Waals surface area contributed by atoms with Crippen molar-refractivity contribution in [1.82, 2.24) is 0 Å². The van der Waals surface area contributed by atoms with Gasteiger partial charge in [0, 0.05) is 12.1 Å². The average molecular weight is 295 g/mol. The maximum Gasteiger partial charge on any atom is 0.131 e. The minimum atomic E-state index is -0.167. The summed E-state index contributed by atoms with van der Waals surface area (Å²) in [4.78, 5) is 4.07. The Labute approximate surface area is 121 Å². The van der Waals surface area contributed by atoms with Gasteiger partial charge in [0.15, 0.2) is 0 Å². The number of aliphatic hydroxyl groups is 1. The standard InChI is InChI=1S/C13H17N3OS2/c1-18-12-11(15)10(6-14)19-13(12)16-7-2-3-8(16)5-9(17)4-7/h7-9,17H,2-5,15H2,1H3. The van der Waals surface area contributed by atoms with E-state index in [-0.39, 0.29) is 6.10 Å². The van der Waals surface area contributed by atoms with E-state index in [1.54, 1.807) is 11.8 Å². The average Bonchev–Trinajstić information content (AvgIpc) is 2.84. The van der Waals surface area contributed by atoms with Crippen LogP contribution >= 0.6 is 23.1 Å². The monoisotopic (exact) mass is 295 g/mol. The Balaban J connectivity index is 2.01. The molecule has 2 fully saturated rings. The van der Waals surface area contributed by atoms with E-state index in [0.717, 1.165) is 35.6 Å². The third kappa shape index (κ3) is 2.00. The first kappa shape index (κ1) is 13.1. The van der Waals surface area contributed by atoms with Gasteiger partial charge in [-0.2, -0.15) is 5.26 Å². The predicted octanol–water partition coefficient (Wildman–Crippen LogP) is 2.42. The van der Waals surface area contributed by atoms with Crippen molar-refractivity contribution in [2.24, 2.45) is 0 Å². The molecule has 1 aromatic rings. The fraction of sp³-hybridized carbons (Fsp3) is 0.615. The Hall–Kier alpha value is -0.900. The van der Waals surface area contributed by atoms with Crippen molar-refractivity contribution in [2.45, 2.75) is 48.8 Å². The lowest BCUT2D eigenvalue weighted by Crippen LogP contribution is -2.44. The van der Waals surface area contributed by atoms with Gasteiger partial charge in [0.1, 0.15) is 15.9 Å². The summed E-state index contributed by atoms with van der Waals surface area (Å²) in [6, 6.07) is 3.01. The molecule has 3 N–H and O–H groups in total. The second-order valence-corrected chi connectivity index (χ2v) is 7.03. The molecular weight excluding hydrogens is 278 g/mol. The molecule has 0 radical (unpaired) electrons. The van der Waals surface area contributed by atoms with Gasteiger partial charge in [-0.05, 0) is 31.9 Å². The van der Waals surface area contributed by atoms with Gasteiger partial charge in [-0.25, -0.2) is 0 Å². The minimum absolute atomic E-state index is 0.167. The molecule has 1 aromatic heterocycles. The highest BCUT2D eigenvalue weighted by atomic mass is 32.2. The number of hydrogen-bond acceptors (Lipinski definition) is 6. The molecule has 0 aliphatic carbocycles. The smallest absolute Gasteiger partial charge is 0.131 e. The molecule has 0 amide bonds. The van der Waals surface area contributed by atoms with Crippen molar-refractivity contribution in [1.29, 1.82) is 5.26 Å². The van der Waals surface area contributed by atoms with Crippen LogP contribution in [0.3, 0.4) is 0 Å². The molecule has 6 heteroatoms. The number of thiophene rings is 1. The van der Waals surface area contributed by atoms with Crippen molar-refractivity contribution in [3.63, 3.8) is 0 Å². The van der Waals surface area contributed by atoms with Gasteiger partial charge in [-0.1, -0.05) is 0 Å². The lowest BCUT2D eigenvalue weighted by molar-refractivity contribution is 0.126. The second kappa shape index (κ2) is 4.89. The van der Waals surface area contributed by atoms with E-state index in [2.05, 4.69) is 11.0 Å². The fourth-order valence-electron chi connectivity index (χ4n) is 3.35. The lowest BCUT2D eigenvalue weighted by Gasteiger charge is -2.38. The zero-order chi connectivity index (χ0) is 13.6. The molecule has 4 nitrogen and oxygen atoms in total. The number of anilines is 2. The van der Waals surface area contributed by atoms with E-state index in [9.17, 15) is 5.11 Å². The molecule has 2 aliphatic heterocycles. The van der Waals surface area contributed by atoms with Crippen molar-refractivity contribution in [3.8, 4) is 6.07 Å². The molecule has 2 atom stereocenters. The third-order valence-corrected chi connectivity index (χ3v) is 6.20. The van der Waals surface area contributed by atoms with Gasteiger partial charge < -0.3 is 15.7 Å². The number of aliphatic hydroxyl groups excluding tert-OH is 1. The van der Waals surface area contributed by atoms with Gasteiger partial charge in [0.05, 0.1) is 16.7 Å². The quantitative estimate of drug-likeness (QED) is 0.820. The molecular formula is C13H17N3OS2. The number of hydrogen-bond donors (Lipinski definition) is 2. The normalized spacial score (nSPS) is 29.5. The van der Waals surface area contributed by atoms with E-state index in [1.807, 2.05) is 6.26 Å². The Morgan fingerprint density at radius 1 is 1.42 bits per heavy atom. The number of nitrogen functional groups attached to an aromatic ring is 1. The van der Waals surface area contributed by atoms with Gasteiger partial charge in [-0.3, -0.25) is 0 Å². The molecule has 0 saturated carbocycles. The number of thioether (sulfide) groups is 1. The van der Waals surface area contributed by atoms with Gasteiger partial charge in [0.25, 0.3) is 0 Å². The largest absolute Gasteiger partial charge is 0.396 e. The molecule has 102 valence electrons. The summed E-state index contributed by atoms with van der Waals surface area (Å²) >= 11 is 3.12. The topological polar surface area (TPSA) is 73.3 Å². The maximum absolute atomic E-state index is 9.88. The van der Waals surface area contributed by atoms with Crippen LogP contribution in [0, 0.1) is 11.3 Å². The van der Waals surface area contributed by atoms with Crippen molar-refractivity contribution >= 4 is 33.8 Å². The van der Waals surface area contributed by atoms with Crippen molar-refractivity contribution < 1.29 is 5.11 Å². The molecule has 3 rings (SSSR count). The summed E-state index contributed by atoms with van der Waals surface area (Å²) in [6.45, 7) is 0. The molecule has 3 heterocycles. The molecule has 19 heavy (non-hydrogen) atoms. The van der Waals surface area contributed by atoms with Crippen LogP contribution in [0.4, 0.5) is 10.7 Å². The van der Waals surface area contributed by atoms with Crippen molar-refractivity contribution in [3.05, 3.63) is 4.88 Å². The fourth-order valence-corrected chi connectivity index (χ4v) is 5.45. The zero-order valence-corrected chi connectivity index (χ0v) is 12.4. The van der Waals surface area contributed by atoms with Gasteiger partial charge in [-0.15, -0.1) is 23.1 Å². The Morgan fingerprint density at radius 3 is 2.58 bits per heavy atom. The van der Waals surface area contributed by atoms with E-state index in [4.69, 9.17) is 11.0 Å². The summed E-state index contributed by atoms with van der Waals surface area (Å²) in [5.41, 5.74) is 6.69. The van der Waals surface area contributed by atoms with Crippen LogP contribution in [0.2, 0.25) is 0 Å². The molecule has 2 saturated heterocycles. The first-order chi connectivity index (χ1) is 9.15. The molecule has 2 unspecified atom stereocenters. The number of nitrogens with zero attached hydrogens (tertiary/aromatic N) is 2. The third-order valence-electron chi connectivity index (χ3n) is 4.13. The maximum atomic E-state index is 9.88. The number of nitriles is 1. The number of rotatable bonds is 2. The molecule has 2 aliphatic rings. The first-order valence-electron chi connectivity index (χ1n) is 6.48. The van der Waals surface area contributed by atoms with Crippen LogP contribution in [0.25, 0.3) is 0 Å². The summed E-state index contributed by atoms with van der Waals surface area (Å²) in [5.74, 6) is 0. The van der Waals surface area contributed by atoms with Crippen LogP contribution in [0.1, 0.15) is 30.6 Å². The summed E-state index contributed by atoms with van der Waals surface area (Å²) in [6.07, 6.45) is 5.78. The van der Waals surface area contributed by atoms with Crippen LogP contribution in [0.5, 0.6) is 0 Å². The minimum Gasteiger partial charge on any atom is -0.396 e. The zero-order valence-electron chi connectivity index (χ0n) is 10.8. The number of piperidine rings is 1. The Bertz CT molecular complexity index is 523. The van der Waals surface area contributed by atoms with Crippen LogP contribution in [-0.2, 0) is 0 Å². The van der Waals surface area contributed by atoms with Crippen LogP contribution in [0.15, 0.2) is 4.90 Å². The van der Waals surface area contributed by atoms with Gasteiger partial charge >= 0.3 is 0 Å². The van der Waals surface area contributed by atoms with E-state index in [1.165, 1.54) is 11.3 Å². The second-order valence-electron chi connectivity index (χ2n) is 5.21. The van der Waals surface area contributed by atoms with Crippen molar-refractivity contribution in [2.75, 3.05) is 16.9 Å². The molecule has 0 aromatic carbocycles. The highest BCUT2D eigenvalue weighted by Crippen LogP contribution is 2.49. The first-order valence-corrected chi connectivity index (χ1v) is 8.52. The summed E-state index contributed by atoms with van der Waals surface area (Å²) in [5, 5.41) is 20.2. The molecule has 2 bridgehead atoms. The van der Waals surface area contributed by atoms with Crippen LogP contribution in [-0.4, -0.2) is 29.5 Å². The number of nitrogens with two attached hydrogens (primary N) is 1. The van der Waals surface area contributed by atoms with E-state index >= 15 is 0 Å². The lowest BCUT2D eigenvalue weighted by atomic mass is 10.0. The predicted molar refractivity (Wildman–Crippen MR) is 79.8 cm³/mol. The molecule has 0 spiro atoms. The van der Waals surface area contributed by atoms with E-state index < -0.39 is 0 Å². The van der Waals surface area contributed by atoms with Gasteiger partial charge in [0.2, 0.25) is 0 Å².